The zero-order valence-electron chi connectivity index (χ0n) is 9.19. The van der Waals surface area contributed by atoms with E-state index in [1.807, 2.05) is 6.92 Å². The number of hydrogen-bond acceptors (Lipinski definition) is 3. The van der Waals surface area contributed by atoms with Crippen LogP contribution in [0.3, 0.4) is 0 Å². The highest BCUT2D eigenvalue weighted by atomic mass is 16.5. The summed E-state index contributed by atoms with van der Waals surface area (Å²) in [6, 6.07) is 5.11. The van der Waals surface area contributed by atoms with Gasteiger partial charge in [-0.3, -0.25) is 4.79 Å². The molecule has 0 saturated carbocycles. The highest BCUT2D eigenvalue weighted by Crippen LogP contribution is 2.23. The number of carboxylic acid groups (broad SMARTS) is 1. The number of aromatic nitrogens is 1. The van der Waals surface area contributed by atoms with Crippen LogP contribution in [0.1, 0.15) is 17.3 Å². The summed E-state index contributed by atoms with van der Waals surface area (Å²) in [4.78, 5) is 24.9. The van der Waals surface area contributed by atoms with Gasteiger partial charge in [0.1, 0.15) is 5.75 Å². The van der Waals surface area contributed by atoms with Crippen molar-refractivity contribution < 1.29 is 19.4 Å². The van der Waals surface area contributed by atoms with Crippen molar-refractivity contribution >= 4 is 22.7 Å². The predicted molar refractivity (Wildman–Crippen MR) is 61.4 cm³/mol. The van der Waals surface area contributed by atoms with Crippen LogP contribution in [0.4, 0.5) is 0 Å². The van der Waals surface area contributed by atoms with Crippen LogP contribution in [0.5, 0.6) is 5.75 Å². The Balaban J connectivity index is 2.48. The number of carbonyl (C=O) groups excluding carboxylic acids is 1. The summed E-state index contributed by atoms with van der Waals surface area (Å²) in [6.07, 6.45) is 1.40. The Bertz CT molecular complexity index is 585. The lowest BCUT2D eigenvalue weighted by molar-refractivity contribution is -0.131. The molecule has 0 aliphatic heterocycles. The molecule has 0 unspecified atom stereocenters. The molecule has 1 aromatic heterocycles. The van der Waals surface area contributed by atoms with E-state index in [0.29, 0.717) is 23.3 Å². The first-order chi connectivity index (χ1) is 8.13. The van der Waals surface area contributed by atoms with E-state index in [1.54, 1.807) is 18.2 Å². The van der Waals surface area contributed by atoms with E-state index in [-0.39, 0.29) is 5.56 Å². The fourth-order valence-corrected chi connectivity index (χ4v) is 1.66. The van der Waals surface area contributed by atoms with Gasteiger partial charge in [-0.05, 0) is 19.1 Å². The van der Waals surface area contributed by atoms with Crippen LogP contribution >= 0.6 is 0 Å². The minimum absolute atomic E-state index is 0.163. The van der Waals surface area contributed by atoms with E-state index in [0.717, 1.165) is 0 Å². The Morgan fingerprint density at radius 2 is 2.18 bits per heavy atom. The van der Waals surface area contributed by atoms with Crippen molar-refractivity contribution in [1.82, 2.24) is 4.98 Å². The number of fused-ring (bicyclic) bond motifs is 1. The summed E-state index contributed by atoms with van der Waals surface area (Å²) in [5.41, 5.74) is 0.844. The average Bonchev–Trinajstić information content (AvgIpc) is 2.71. The maximum Gasteiger partial charge on any atom is 0.377 e. The Kier molecular flexibility index (Phi) is 2.82. The van der Waals surface area contributed by atoms with Crippen molar-refractivity contribution in [3.8, 4) is 5.75 Å². The molecule has 88 valence electrons. The molecule has 0 saturated heterocycles. The number of ether oxygens (including phenoxy) is 1. The maximum atomic E-state index is 11.4. The standard InChI is InChI=1S/C12H11NO4/c1-2-17-7-3-4-8-9(11(14)12(15)16)6-13-10(8)5-7/h3-6,13H,2H2,1H3,(H,15,16). The van der Waals surface area contributed by atoms with Gasteiger partial charge in [-0.2, -0.15) is 0 Å². The average molecular weight is 233 g/mol. The number of hydrogen-bond donors (Lipinski definition) is 2. The number of benzene rings is 1. The summed E-state index contributed by atoms with van der Waals surface area (Å²) in [7, 11) is 0. The first-order valence-corrected chi connectivity index (χ1v) is 5.15. The van der Waals surface area contributed by atoms with Crippen LogP contribution < -0.4 is 4.74 Å². The zero-order valence-corrected chi connectivity index (χ0v) is 9.19. The van der Waals surface area contributed by atoms with Crippen molar-refractivity contribution in [3.05, 3.63) is 30.0 Å². The highest BCUT2D eigenvalue weighted by Gasteiger charge is 2.18. The number of carbonyl (C=O) groups is 2. The van der Waals surface area contributed by atoms with Crippen LogP contribution in [-0.4, -0.2) is 28.4 Å². The van der Waals surface area contributed by atoms with Gasteiger partial charge < -0.3 is 14.8 Å². The SMILES string of the molecule is CCOc1ccc2c(C(=O)C(=O)O)c[nH]c2c1. The molecular formula is C12H11NO4. The number of carboxylic acids is 1. The Labute approximate surface area is 97.0 Å². The van der Waals surface area contributed by atoms with Crippen LogP contribution in [0.15, 0.2) is 24.4 Å². The first-order valence-electron chi connectivity index (χ1n) is 5.15. The molecule has 1 heterocycles. The second-order valence-electron chi connectivity index (χ2n) is 3.48. The molecule has 17 heavy (non-hydrogen) atoms. The minimum atomic E-state index is -1.46. The molecule has 2 N–H and O–H groups in total. The van der Waals surface area contributed by atoms with Crippen LogP contribution in [0.2, 0.25) is 0 Å². The number of H-pyrrole nitrogens is 1. The van der Waals surface area contributed by atoms with E-state index < -0.39 is 11.8 Å². The van der Waals surface area contributed by atoms with Crippen LogP contribution in [-0.2, 0) is 4.79 Å². The van der Waals surface area contributed by atoms with E-state index in [4.69, 9.17) is 9.84 Å². The smallest absolute Gasteiger partial charge is 0.377 e. The third-order valence-electron chi connectivity index (χ3n) is 2.40. The lowest BCUT2D eigenvalue weighted by Crippen LogP contribution is -2.11. The number of Topliss-reactive ketones (excluding diaryl/α,β-unsaturated/α-hetero) is 1. The molecule has 0 bridgehead atoms. The second-order valence-corrected chi connectivity index (χ2v) is 3.48. The van der Waals surface area contributed by atoms with Gasteiger partial charge in [-0.25, -0.2) is 4.79 Å². The number of rotatable bonds is 4. The molecule has 5 heteroatoms. The summed E-state index contributed by atoms with van der Waals surface area (Å²) >= 11 is 0. The molecule has 0 amide bonds. The van der Waals surface area contributed by atoms with Gasteiger partial charge in [0.2, 0.25) is 0 Å². The normalized spacial score (nSPS) is 10.4. The highest BCUT2D eigenvalue weighted by molar-refractivity contribution is 6.42. The van der Waals surface area contributed by atoms with Crippen molar-refractivity contribution in [3.63, 3.8) is 0 Å². The molecule has 0 aliphatic rings. The quantitative estimate of drug-likeness (QED) is 0.623. The Morgan fingerprint density at radius 1 is 1.41 bits per heavy atom. The van der Waals surface area contributed by atoms with Gasteiger partial charge in [0, 0.05) is 23.2 Å². The Morgan fingerprint density at radius 3 is 2.82 bits per heavy atom. The van der Waals surface area contributed by atoms with E-state index >= 15 is 0 Å². The maximum absolute atomic E-state index is 11.4. The van der Waals surface area contributed by atoms with Gasteiger partial charge in [-0.1, -0.05) is 0 Å². The third-order valence-corrected chi connectivity index (χ3v) is 2.40. The van der Waals surface area contributed by atoms with Gasteiger partial charge in [-0.15, -0.1) is 0 Å². The number of aromatic amines is 1. The molecule has 5 nitrogen and oxygen atoms in total. The number of aliphatic carboxylic acids is 1. The molecule has 2 aromatic rings. The molecule has 0 spiro atoms. The molecule has 0 fully saturated rings. The van der Waals surface area contributed by atoms with Gasteiger partial charge in [0.05, 0.1) is 12.2 Å². The molecule has 0 aliphatic carbocycles. The summed E-state index contributed by atoms with van der Waals surface area (Å²) < 4.78 is 5.31. The zero-order chi connectivity index (χ0) is 12.4. The minimum Gasteiger partial charge on any atom is -0.494 e. The number of ketones is 1. The second kappa shape index (κ2) is 4.29. The van der Waals surface area contributed by atoms with Crippen molar-refractivity contribution in [2.75, 3.05) is 6.61 Å². The van der Waals surface area contributed by atoms with Crippen molar-refractivity contribution in [2.45, 2.75) is 6.92 Å². The van der Waals surface area contributed by atoms with Crippen LogP contribution in [0, 0.1) is 0 Å². The molecular weight excluding hydrogens is 222 g/mol. The fraction of sp³-hybridized carbons (Fsp3) is 0.167. The molecule has 0 atom stereocenters. The first kappa shape index (κ1) is 11.2. The largest absolute Gasteiger partial charge is 0.494 e. The van der Waals surface area contributed by atoms with E-state index in [1.165, 1.54) is 6.20 Å². The summed E-state index contributed by atoms with van der Waals surface area (Å²) in [5, 5.41) is 9.25. The van der Waals surface area contributed by atoms with E-state index in [9.17, 15) is 9.59 Å². The monoisotopic (exact) mass is 233 g/mol. The topological polar surface area (TPSA) is 79.4 Å². The lowest BCUT2D eigenvalue weighted by atomic mass is 10.1. The van der Waals surface area contributed by atoms with Crippen molar-refractivity contribution in [1.29, 1.82) is 0 Å². The van der Waals surface area contributed by atoms with Crippen molar-refractivity contribution in [2.24, 2.45) is 0 Å². The van der Waals surface area contributed by atoms with Gasteiger partial charge in [0.25, 0.3) is 5.78 Å². The predicted octanol–water partition coefficient (Wildman–Crippen LogP) is 1.83. The van der Waals surface area contributed by atoms with Crippen LogP contribution in [0.25, 0.3) is 10.9 Å². The molecule has 1 aromatic carbocycles. The molecule has 2 rings (SSSR count). The lowest BCUT2D eigenvalue weighted by Gasteiger charge is -2.02. The Hall–Kier alpha value is -2.30. The summed E-state index contributed by atoms with van der Waals surface area (Å²) in [6.45, 7) is 2.42. The van der Waals surface area contributed by atoms with E-state index in [2.05, 4.69) is 4.98 Å². The summed E-state index contributed by atoms with van der Waals surface area (Å²) in [5.74, 6) is -1.70. The third kappa shape index (κ3) is 1.99. The van der Waals surface area contributed by atoms with Gasteiger partial charge >= 0.3 is 5.97 Å². The fourth-order valence-electron chi connectivity index (χ4n) is 1.66. The number of nitrogens with one attached hydrogen (secondary N) is 1. The molecule has 0 radical (unpaired) electrons. The van der Waals surface area contributed by atoms with Gasteiger partial charge in [0.15, 0.2) is 0 Å².